The first-order valence-electron chi connectivity index (χ1n) is 6.93. The third-order valence-electron chi connectivity index (χ3n) is 2.88. The molecule has 0 amide bonds. The molecule has 112 valence electrons. The van der Waals surface area contributed by atoms with Crippen LogP contribution in [0.15, 0.2) is 18.2 Å². The molecule has 0 aliphatic heterocycles. The summed E-state index contributed by atoms with van der Waals surface area (Å²) in [6.45, 7) is 6.22. The maximum Gasteiger partial charge on any atom is 0.173 e. The molecular formula is C15H24N2O2S. The number of nitrogens with one attached hydrogen (secondary N) is 1. The largest absolute Gasteiger partial charge is 0.497 e. The first-order chi connectivity index (χ1) is 9.64. The number of methoxy groups -OCH3 is 2. The lowest BCUT2D eigenvalue weighted by atomic mass is 10.2. The van der Waals surface area contributed by atoms with Crippen molar-refractivity contribution in [1.29, 1.82) is 0 Å². The van der Waals surface area contributed by atoms with Gasteiger partial charge in [-0.15, -0.1) is 0 Å². The number of hydrogen-bond acceptors (Lipinski definition) is 3. The monoisotopic (exact) mass is 296 g/mol. The number of thiocarbonyl (C=S) groups is 1. The maximum atomic E-state index is 5.48. The summed E-state index contributed by atoms with van der Waals surface area (Å²) < 4.78 is 10.5. The highest BCUT2D eigenvalue weighted by atomic mass is 32.1. The van der Waals surface area contributed by atoms with Gasteiger partial charge in [0.25, 0.3) is 0 Å². The molecule has 5 heteroatoms. The predicted molar refractivity (Wildman–Crippen MR) is 87.9 cm³/mol. The van der Waals surface area contributed by atoms with Crippen LogP contribution in [0, 0.1) is 0 Å². The van der Waals surface area contributed by atoms with Gasteiger partial charge in [-0.2, -0.15) is 0 Å². The Labute approximate surface area is 127 Å². The van der Waals surface area contributed by atoms with Crippen LogP contribution in [0.3, 0.4) is 0 Å². The van der Waals surface area contributed by atoms with Crippen molar-refractivity contribution in [3.8, 4) is 11.5 Å². The van der Waals surface area contributed by atoms with E-state index in [0.29, 0.717) is 0 Å². The van der Waals surface area contributed by atoms with E-state index >= 15 is 0 Å². The maximum absolute atomic E-state index is 5.48. The molecule has 0 saturated carbocycles. The van der Waals surface area contributed by atoms with Crippen molar-refractivity contribution >= 4 is 23.0 Å². The predicted octanol–water partition coefficient (Wildman–Crippen LogP) is 3.52. The molecule has 1 aromatic carbocycles. The van der Waals surface area contributed by atoms with Gasteiger partial charge in [-0.25, -0.2) is 0 Å². The molecule has 0 bridgehead atoms. The molecule has 0 aliphatic rings. The molecule has 0 aromatic heterocycles. The van der Waals surface area contributed by atoms with Gasteiger partial charge in [0.15, 0.2) is 5.11 Å². The Bertz CT molecular complexity index is 410. The van der Waals surface area contributed by atoms with Gasteiger partial charge in [0, 0.05) is 37.0 Å². The lowest BCUT2D eigenvalue weighted by Gasteiger charge is -2.25. The molecule has 0 fully saturated rings. The second-order valence-electron chi connectivity index (χ2n) is 4.52. The highest BCUT2D eigenvalue weighted by molar-refractivity contribution is 7.80. The SMILES string of the molecule is CCCN(CCC)C(=S)Nc1cc(OC)cc(OC)c1. The van der Waals surface area contributed by atoms with Crippen LogP contribution in [0.5, 0.6) is 11.5 Å². The van der Waals surface area contributed by atoms with E-state index in [2.05, 4.69) is 24.1 Å². The Hall–Kier alpha value is -1.49. The molecule has 0 aliphatic carbocycles. The van der Waals surface area contributed by atoms with Gasteiger partial charge in [0.05, 0.1) is 14.2 Å². The minimum absolute atomic E-state index is 0.740. The molecule has 0 spiro atoms. The van der Waals surface area contributed by atoms with E-state index < -0.39 is 0 Å². The molecule has 0 saturated heterocycles. The zero-order chi connectivity index (χ0) is 15.0. The number of anilines is 1. The van der Waals surface area contributed by atoms with Gasteiger partial charge in [0.2, 0.25) is 0 Å². The number of rotatable bonds is 7. The summed E-state index contributed by atoms with van der Waals surface area (Å²) in [5.74, 6) is 1.49. The van der Waals surface area contributed by atoms with Crippen molar-refractivity contribution in [3.63, 3.8) is 0 Å². The summed E-state index contributed by atoms with van der Waals surface area (Å²) in [6, 6.07) is 5.65. The van der Waals surface area contributed by atoms with Crippen LogP contribution in [-0.4, -0.2) is 37.3 Å². The van der Waals surface area contributed by atoms with Gasteiger partial charge in [0.1, 0.15) is 11.5 Å². The van der Waals surface area contributed by atoms with Gasteiger partial charge in [-0.05, 0) is 25.1 Å². The summed E-state index contributed by atoms with van der Waals surface area (Å²) in [4.78, 5) is 2.18. The fraction of sp³-hybridized carbons (Fsp3) is 0.533. The Morgan fingerprint density at radius 1 is 1.05 bits per heavy atom. The third kappa shape index (κ3) is 4.89. The molecule has 0 atom stereocenters. The zero-order valence-electron chi connectivity index (χ0n) is 12.7. The van der Waals surface area contributed by atoms with Crippen LogP contribution in [-0.2, 0) is 0 Å². The average molecular weight is 296 g/mol. The smallest absolute Gasteiger partial charge is 0.173 e. The van der Waals surface area contributed by atoms with Crippen molar-refractivity contribution in [2.24, 2.45) is 0 Å². The van der Waals surface area contributed by atoms with Crippen molar-refractivity contribution in [2.75, 3.05) is 32.6 Å². The second kappa shape index (κ2) is 8.64. The average Bonchev–Trinajstić information content (AvgIpc) is 2.46. The molecule has 20 heavy (non-hydrogen) atoms. The van der Waals surface area contributed by atoms with E-state index in [9.17, 15) is 0 Å². The summed E-state index contributed by atoms with van der Waals surface area (Å²) >= 11 is 5.48. The van der Waals surface area contributed by atoms with Crippen molar-refractivity contribution < 1.29 is 9.47 Å². The minimum atomic E-state index is 0.740. The van der Waals surface area contributed by atoms with Crippen LogP contribution in [0.2, 0.25) is 0 Å². The van der Waals surface area contributed by atoms with E-state index in [4.69, 9.17) is 21.7 Å². The Morgan fingerprint density at radius 3 is 1.95 bits per heavy atom. The van der Waals surface area contributed by atoms with Crippen LogP contribution < -0.4 is 14.8 Å². The van der Waals surface area contributed by atoms with Crippen molar-refractivity contribution in [1.82, 2.24) is 4.90 Å². The highest BCUT2D eigenvalue weighted by Gasteiger charge is 2.09. The first-order valence-corrected chi connectivity index (χ1v) is 7.34. The quantitative estimate of drug-likeness (QED) is 0.779. The summed E-state index contributed by atoms with van der Waals surface area (Å²) in [5, 5.41) is 4.00. The van der Waals surface area contributed by atoms with E-state index in [0.717, 1.165) is 48.2 Å². The minimum Gasteiger partial charge on any atom is -0.497 e. The fourth-order valence-corrected chi connectivity index (χ4v) is 2.24. The lowest BCUT2D eigenvalue weighted by Crippen LogP contribution is -2.35. The molecule has 4 nitrogen and oxygen atoms in total. The number of ether oxygens (including phenoxy) is 2. The highest BCUT2D eigenvalue weighted by Crippen LogP contribution is 2.26. The van der Waals surface area contributed by atoms with Crippen LogP contribution >= 0.6 is 12.2 Å². The number of hydrogen-bond donors (Lipinski definition) is 1. The molecule has 1 rings (SSSR count). The zero-order valence-corrected chi connectivity index (χ0v) is 13.5. The van der Waals surface area contributed by atoms with Gasteiger partial charge < -0.3 is 19.7 Å². The van der Waals surface area contributed by atoms with Crippen LogP contribution in [0.25, 0.3) is 0 Å². The normalized spacial score (nSPS) is 10.0. The van der Waals surface area contributed by atoms with E-state index in [1.54, 1.807) is 14.2 Å². The molecule has 0 unspecified atom stereocenters. The number of nitrogens with zero attached hydrogens (tertiary/aromatic N) is 1. The second-order valence-corrected chi connectivity index (χ2v) is 4.91. The van der Waals surface area contributed by atoms with Crippen LogP contribution in [0.1, 0.15) is 26.7 Å². The standard InChI is InChI=1S/C15H24N2O2S/c1-5-7-17(8-6-2)15(20)16-12-9-13(18-3)11-14(10-12)19-4/h9-11H,5-8H2,1-4H3,(H,16,20). The molecule has 1 aromatic rings. The molecular weight excluding hydrogens is 272 g/mol. The van der Waals surface area contributed by atoms with Crippen LogP contribution in [0.4, 0.5) is 5.69 Å². The van der Waals surface area contributed by atoms with Gasteiger partial charge in [-0.3, -0.25) is 0 Å². The molecule has 0 heterocycles. The van der Waals surface area contributed by atoms with Gasteiger partial charge >= 0.3 is 0 Å². The molecule has 0 radical (unpaired) electrons. The summed E-state index contributed by atoms with van der Waals surface area (Å²) in [7, 11) is 3.27. The lowest BCUT2D eigenvalue weighted by molar-refractivity contribution is 0.394. The summed E-state index contributed by atoms with van der Waals surface area (Å²) in [6.07, 6.45) is 2.15. The van der Waals surface area contributed by atoms with E-state index in [-0.39, 0.29) is 0 Å². The Balaban J connectivity index is 2.82. The van der Waals surface area contributed by atoms with Crippen molar-refractivity contribution in [3.05, 3.63) is 18.2 Å². The topological polar surface area (TPSA) is 33.7 Å². The summed E-state index contributed by atoms with van der Waals surface area (Å²) in [5.41, 5.74) is 0.878. The number of benzene rings is 1. The van der Waals surface area contributed by atoms with Crippen molar-refractivity contribution in [2.45, 2.75) is 26.7 Å². The Morgan fingerprint density at radius 2 is 1.55 bits per heavy atom. The molecule has 1 N–H and O–H groups in total. The first kappa shape index (κ1) is 16.6. The van der Waals surface area contributed by atoms with E-state index in [1.807, 2.05) is 18.2 Å². The Kier molecular flexibility index (Phi) is 7.15. The van der Waals surface area contributed by atoms with E-state index in [1.165, 1.54) is 0 Å². The fourth-order valence-electron chi connectivity index (χ4n) is 1.94. The van der Waals surface area contributed by atoms with Gasteiger partial charge in [-0.1, -0.05) is 13.8 Å². The third-order valence-corrected chi connectivity index (χ3v) is 3.24.